The van der Waals surface area contributed by atoms with Gasteiger partial charge in [-0.15, -0.1) is 0 Å². The van der Waals surface area contributed by atoms with Gasteiger partial charge in [-0.25, -0.2) is 4.98 Å². The van der Waals surface area contributed by atoms with Gasteiger partial charge in [-0.3, -0.25) is 4.98 Å². The van der Waals surface area contributed by atoms with Crippen molar-refractivity contribution in [2.75, 3.05) is 4.90 Å². The van der Waals surface area contributed by atoms with Crippen LogP contribution in [0.4, 0.5) is 17.1 Å². The molecular weight excluding hydrogens is 546 g/mol. The summed E-state index contributed by atoms with van der Waals surface area (Å²) in [6.07, 6.45) is 6.13. The van der Waals surface area contributed by atoms with E-state index in [1.54, 1.807) is 0 Å². The van der Waals surface area contributed by atoms with Crippen molar-refractivity contribution in [1.82, 2.24) is 9.97 Å². The van der Waals surface area contributed by atoms with Crippen LogP contribution in [0.1, 0.15) is 11.1 Å². The molecule has 7 aromatic rings. The molecule has 0 radical (unpaired) electrons. The summed E-state index contributed by atoms with van der Waals surface area (Å²) in [6.45, 7) is 0. The average molecular weight is 578 g/mol. The summed E-state index contributed by atoms with van der Waals surface area (Å²) in [5.41, 5.74) is 11.6. The minimum atomic E-state index is 0.859. The Bertz CT molecular complexity index is 1910. The molecule has 0 bridgehead atoms. The van der Waals surface area contributed by atoms with Crippen molar-refractivity contribution in [3.8, 4) is 33.8 Å². The van der Waals surface area contributed by atoms with E-state index in [1.807, 2.05) is 54.7 Å². The molecule has 45 heavy (non-hydrogen) atoms. The SMILES string of the molecule is C(=C\c1ccc(N(c2ccccc2)c2ccccc2)cc1)/c1ccc(-c2cc(-c3ccccc3)nc(-c3ccccn3)c2)cc1. The fourth-order valence-electron chi connectivity index (χ4n) is 5.41. The van der Waals surface area contributed by atoms with E-state index >= 15 is 0 Å². The average Bonchev–Trinajstić information content (AvgIpc) is 3.13. The van der Waals surface area contributed by atoms with Crippen molar-refractivity contribution < 1.29 is 0 Å². The first-order valence-corrected chi connectivity index (χ1v) is 15.1. The quantitative estimate of drug-likeness (QED) is 0.168. The molecule has 0 amide bonds. The third-order valence-electron chi connectivity index (χ3n) is 7.71. The van der Waals surface area contributed by atoms with Crippen LogP contribution in [0, 0.1) is 0 Å². The van der Waals surface area contributed by atoms with E-state index in [1.165, 1.54) is 0 Å². The van der Waals surface area contributed by atoms with E-state index in [0.29, 0.717) is 0 Å². The number of nitrogens with zero attached hydrogens (tertiary/aromatic N) is 3. The van der Waals surface area contributed by atoms with Gasteiger partial charge in [-0.1, -0.05) is 121 Å². The fourth-order valence-corrected chi connectivity index (χ4v) is 5.41. The summed E-state index contributed by atoms with van der Waals surface area (Å²) in [5, 5.41) is 0. The molecule has 3 heteroatoms. The van der Waals surface area contributed by atoms with Crippen molar-refractivity contribution >= 4 is 29.2 Å². The molecule has 0 atom stereocenters. The third kappa shape index (κ3) is 6.48. The number of anilines is 3. The largest absolute Gasteiger partial charge is 0.311 e. The molecule has 0 N–H and O–H groups in total. The lowest BCUT2D eigenvalue weighted by Gasteiger charge is -2.25. The number of benzene rings is 5. The molecule has 0 aliphatic rings. The predicted octanol–water partition coefficient (Wildman–Crippen LogP) is 11.1. The molecule has 0 saturated carbocycles. The first kappa shape index (κ1) is 27.8. The third-order valence-corrected chi connectivity index (χ3v) is 7.71. The van der Waals surface area contributed by atoms with E-state index < -0.39 is 0 Å². The van der Waals surface area contributed by atoms with Crippen molar-refractivity contribution in [3.63, 3.8) is 0 Å². The summed E-state index contributed by atoms with van der Waals surface area (Å²) in [4.78, 5) is 11.8. The normalized spacial score (nSPS) is 11.0. The van der Waals surface area contributed by atoms with Crippen molar-refractivity contribution in [1.29, 1.82) is 0 Å². The first-order valence-electron chi connectivity index (χ1n) is 15.1. The Kier molecular flexibility index (Phi) is 8.06. The van der Waals surface area contributed by atoms with Gasteiger partial charge in [0.1, 0.15) is 0 Å². The van der Waals surface area contributed by atoms with Gasteiger partial charge in [-0.05, 0) is 82.9 Å². The zero-order valence-electron chi connectivity index (χ0n) is 24.7. The fraction of sp³-hybridized carbons (Fsp3) is 0. The summed E-state index contributed by atoms with van der Waals surface area (Å²) in [7, 11) is 0. The van der Waals surface area contributed by atoms with Gasteiger partial charge in [0.25, 0.3) is 0 Å². The molecule has 0 aliphatic heterocycles. The Balaban J connectivity index is 1.13. The van der Waals surface area contributed by atoms with E-state index in [9.17, 15) is 0 Å². The van der Waals surface area contributed by atoms with Crippen LogP contribution in [-0.4, -0.2) is 9.97 Å². The molecule has 3 nitrogen and oxygen atoms in total. The molecule has 0 fully saturated rings. The van der Waals surface area contributed by atoms with E-state index in [-0.39, 0.29) is 0 Å². The number of hydrogen-bond donors (Lipinski definition) is 0. The number of aromatic nitrogens is 2. The van der Waals surface area contributed by atoms with Gasteiger partial charge in [0.05, 0.1) is 17.1 Å². The maximum atomic E-state index is 4.95. The number of pyridine rings is 2. The highest BCUT2D eigenvalue weighted by atomic mass is 15.1. The lowest BCUT2D eigenvalue weighted by Crippen LogP contribution is -2.09. The van der Waals surface area contributed by atoms with Crippen LogP contribution in [0.3, 0.4) is 0 Å². The topological polar surface area (TPSA) is 29.0 Å². The van der Waals surface area contributed by atoms with E-state index in [0.717, 1.165) is 62.0 Å². The molecule has 0 spiro atoms. The molecule has 5 aromatic carbocycles. The van der Waals surface area contributed by atoms with Crippen LogP contribution in [-0.2, 0) is 0 Å². The number of rotatable bonds is 8. The molecule has 0 unspecified atom stereocenters. The van der Waals surface area contributed by atoms with Crippen LogP contribution in [0.2, 0.25) is 0 Å². The number of para-hydroxylation sites is 2. The van der Waals surface area contributed by atoms with E-state index in [4.69, 9.17) is 4.98 Å². The van der Waals surface area contributed by atoms with Crippen molar-refractivity contribution in [2.24, 2.45) is 0 Å². The first-order chi connectivity index (χ1) is 22.3. The smallest absolute Gasteiger partial charge is 0.0899 e. The zero-order chi connectivity index (χ0) is 30.3. The van der Waals surface area contributed by atoms with Crippen molar-refractivity contribution in [2.45, 2.75) is 0 Å². The van der Waals surface area contributed by atoms with Crippen LogP contribution in [0.25, 0.3) is 45.9 Å². The summed E-state index contributed by atoms with van der Waals surface area (Å²) in [6, 6.07) is 58.8. The molecule has 0 saturated heterocycles. The van der Waals surface area contributed by atoms with Crippen LogP contribution in [0.15, 0.2) is 176 Å². The molecule has 2 aromatic heterocycles. The lowest BCUT2D eigenvalue weighted by atomic mass is 10.00. The Labute approximate surface area is 264 Å². The Morgan fingerprint density at radius 2 is 0.889 bits per heavy atom. The van der Waals surface area contributed by atoms with Gasteiger partial charge in [0.15, 0.2) is 0 Å². The summed E-state index contributed by atoms with van der Waals surface area (Å²) in [5.74, 6) is 0. The monoisotopic (exact) mass is 577 g/mol. The highest BCUT2D eigenvalue weighted by Gasteiger charge is 2.12. The minimum Gasteiger partial charge on any atom is -0.311 e. The van der Waals surface area contributed by atoms with Crippen molar-refractivity contribution in [3.05, 3.63) is 187 Å². The van der Waals surface area contributed by atoms with Crippen LogP contribution < -0.4 is 4.90 Å². The van der Waals surface area contributed by atoms with Crippen LogP contribution in [0.5, 0.6) is 0 Å². The lowest BCUT2D eigenvalue weighted by molar-refractivity contribution is 1.25. The van der Waals surface area contributed by atoms with Gasteiger partial charge >= 0.3 is 0 Å². The van der Waals surface area contributed by atoms with Gasteiger partial charge in [-0.2, -0.15) is 0 Å². The molecule has 2 heterocycles. The van der Waals surface area contributed by atoms with Crippen LogP contribution >= 0.6 is 0 Å². The minimum absolute atomic E-state index is 0.859. The van der Waals surface area contributed by atoms with Gasteiger partial charge in [0, 0.05) is 28.8 Å². The van der Waals surface area contributed by atoms with E-state index in [2.05, 4.69) is 143 Å². The molecule has 7 rings (SSSR count). The number of hydrogen-bond acceptors (Lipinski definition) is 3. The molecular formula is C42H31N3. The maximum Gasteiger partial charge on any atom is 0.0899 e. The Morgan fingerprint density at radius 3 is 1.47 bits per heavy atom. The maximum absolute atomic E-state index is 4.95. The van der Waals surface area contributed by atoms with Gasteiger partial charge < -0.3 is 4.90 Å². The Morgan fingerprint density at radius 1 is 0.378 bits per heavy atom. The summed E-state index contributed by atoms with van der Waals surface area (Å²) < 4.78 is 0. The second-order valence-corrected chi connectivity index (χ2v) is 10.8. The molecule has 0 aliphatic carbocycles. The van der Waals surface area contributed by atoms with Gasteiger partial charge in [0.2, 0.25) is 0 Å². The second kappa shape index (κ2) is 13.1. The Hall–Kier alpha value is -6.06. The molecule has 214 valence electrons. The standard InChI is InChI=1S/C42H31N3/c1-4-12-35(13-5-1)41-30-36(31-42(44-41)40-18-10-11-29-43-40)34-25-21-32(22-26-34)19-20-33-23-27-39(28-24-33)45(37-14-6-2-7-15-37)38-16-8-3-9-17-38/h1-31H/b20-19+. The zero-order valence-corrected chi connectivity index (χ0v) is 24.7. The highest BCUT2D eigenvalue weighted by Crippen LogP contribution is 2.34. The summed E-state index contributed by atoms with van der Waals surface area (Å²) >= 11 is 0. The second-order valence-electron chi connectivity index (χ2n) is 10.8. The predicted molar refractivity (Wildman–Crippen MR) is 188 cm³/mol. The highest BCUT2D eigenvalue weighted by molar-refractivity contribution is 5.79.